The molecule has 0 bridgehead atoms. The Balaban J connectivity index is 1.33. The Bertz CT molecular complexity index is 1090. The molecule has 0 atom stereocenters. The van der Waals surface area contributed by atoms with Crippen LogP contribution in [0.3, 0.4) is 0 Å². The Morgan fingerprint density at radius 3 is 2.47 bits per heavy atom. The summed E-state index contributed by atoms with van der Waals surface area (Å²) in [5, 5.41) is 2.59. The van der Waals surface area contributed by atoms with Gasteiger partial charge in [-0.2, -0.15) is 0 Å². The second kappa shape index (κ2) is 8.50. The Morgan fingerprint density at radius 2 is 1.75 bits per heavy atom. The number of nitrogens with one attached hydrogen (secondary N) is 1. The van der Waals surface area contributed by atoms with E-state index in [0.717, 1.165) is 58.0 Å². The summed E-state index contributed by atoms with van der Waals surface area (Å²) in [5.41, 5.74) is 1.58. The maximum absolute atomic E-state index is 13.2. The third-order valence-corrected chi connectivity index (χ3v) is 9.78. The molecule has 1 amide bonds. The summed E-state index contributed by atoms with van der Waals surface area (Å²) in [5.74, 6) is 0.457. The predicted molar refractivity (Wildman–Crippen MR) is 126 cm³/mol. The van der Waals surface area contributed by atoms with Crippen molar-refractivity contribution in [2.24, 2.45) is 5.41 Å². The van der Waals surface area contributed by atoms with Crippen LogP contribution in [0.15, 0.2) is 47.5 Å². The molecule has 170 valence electrons. The Hall–Kier alpha value is -2.41. The zero-order chi connectivity index (χ0) is 22.2. The number of hydrogen-bond acceptors (Lipinski definition) is 5. The van der Waals surface area contributed by atoms with Crippen molar-refractivity contribution in [3.05, 3.63) is 48.2 Å². The first-order valence-corrected chi connectivity index (χ1v) is 13.4. The van der Waals surface area contributed by atoms with Gasteiger partial charge in [-0.05, 0) is 74.3 Å². The summed E-state index contributed by atoms with van der Waals surface area (Å²) in [6.07, 6.45) is 11.2. The van der Waals surface area contributed by atoms with Gasteiger partial charge in [0.05, 0.1) is 15.7 Å². The van der Waals surface area contributed by atoms with E-state index in [2.05, 4.69) is 15.2 Å². The molecule has 32 heavy (non-hydrogen) atoms. The number of piperidine rings is 1. The zero-order valence-corrected chi connectivity index (χ0v) is 19.2. The minimum absolute atomic E-state index is 0.257. The van der Waals surface area contributed by atoms with Gasteiger partial charge >= 0.3 is 0 Å². The van der Waals surface area contributed by atoms with Gasteiger partial charge in [0.15, 0.2) is 9.84 Å². The molecule has 0 unspecified atom stereocenters. The minimum atomic E-state index is -3.39. The molecule has 1 N–H and O–H groups in total. The first kappa shape index (κ1) is 21.4. The number of pyridine rings is 1. The number of aromatic nitrogens is 1. The van der Waals surface area contributed by atoms with Crippen LogP contribution >= 0.6 is 0 Å². The third kappa shape index (κ3) is 4.27. The lowest BCUT2D eigenvalue weighted by molar-refractivity contribution is 0.102. The predicted octanol–water partition coefficient (Wildman–Crippen LogP) is 4.82. The number of carbonyl (C=O) groups is 1. The van der Waals surface area contributed by atoms with Gasteiger partial charge in [0.2, 0.25) is 0 Å². The van der Waals surface area contributed by atoms with Crippen molar-refractivity contribution < 1.29 is 13.2 Å². The molecule has 2 aromatic rings. The van der Waals surface area contributed by atoms with Crippen LogP contribution in [-0.2, 0) is 9.84 Å². The molecule has 1 aromatic carbocycles. The highest BCUT2D eigenvalue weighted by Gasteiger charge is 2.44. The number of rotatable bonds is 5. The molecule has 5 rings (SSSR count). The number of anilines is 2. The molecule has 3 fully saturated rings. The van der Waals surface area contributed by atoms with E-state index in [1.54, 1.807) is 42.6 Å². The highest BCUT2D eigenvalue weighted by Crippen LogP contribution is 2.53. The van der Waals surface area contributed by atoms with Crippen molar-refractivity contribution in [3.8, 4) is 0 Å². The van der Waals surface area contributed by atoms with Crippen molar-refractivity contribution in [1.82, 2.24) is 4.98 Å². The highest BCUT2D eigenvalue weighted by molar-refractivity contribution is 7.92. The first-order chi connectivity index (χ1) is 15.5. The normalized spacial score (nSPS) is 20.8. The molecule has 7 heteroatoms. The summed E-state index contributed by atoms with van der Waals surface area (Å²) in [7, 11) is -3.39. The average molecular weight is 454 g/mol. The molecule has 1 saturated heterocycles. The van der Waals surface area contributed by atoms with Crippen LogP contribution in [0.25, 0.3) is 0 Å². The second-order valence-corrected chi connectivity index (χ2v) is 11.9. The number of amides is 1. The number of nitrogens with zero attached hydrogens (tertiary/aromatic N) is 2. The largest absolute Gasteiger partial charge is 0.356 e. The van der Waals surface area contributed by atoms with Gasteiger partial charge in [0.25, 0.3) is 5.91 Å². The number of sulfone groups is 1. The molecule has 3 aliphatic rings. The standard InChI is InChI=1S/C25H31N3O3S/c29-24(22-10-5-15-26-23(22)28-16-13-25(11-12-25)14-17-28)27-19-6-4-9-21(18-19)32(30,31)20-7-2-1-3-8-20/h4-6,9-10,15,18,20H,1-3,7-8,11-14,16-17H2,(H,27,29). The lowest BCUT2D eigenvalue weighted by Crippen LogP contribution is -2.36. The van der Waals surface area contributed by atoms with E-state index < -0.39 is 9.84 Å². The van der Waals surface area contributed by atoms with Crippen molar-refractivity contribution in [2.45, 2.75) is 67.9 Å². The van der Waals surface area contributed by atoms with E-state index in [1.165, 1.54) is 12.8 Å². The molecular weight excluding hydrogens is 422 g/mol. The van der Waals surface area contributed by atoms with Gasteiger partial charge in [-0.1, -0.05) is 25.3 Å². The van der Waals surface area contributed by atoms with Crippen LogP contribution < -0.4 is 10.2 Å². The van der Waals surface area contributed by atoms with Crippen molar-refractivity contribution in [1.29, 1.82) is 0 Å². The zero-order valence-electron chi connectivity index (χ0n) is 18.4. The van der Waals surface area contributed by atoms with Crippen LogP contribution in [0.4, 0.5) is 11.5 Å². The molecule has 2 aliphatic carbocycles. The fourth-order valence-electron chi connectivity index (χ4n) is 5.21. The maximum Gasteiger partial charge on any atom is 0.259 e. The number of carbonyl (C=O) groups excluding carboxylic acids is 1. The molecule has 1 aliphatic heterocycles. The van der Waals surface area contributed by atoms with Gasteiger partial charge in [-0.25, -0.2) is 13.4 Å². The maximum atomic E-state index is 13.2. The van der Waals surface area contributed by atoms with Crippen molar-refractivity contribution in [2.75, 3.05) is 23.3 Å². The van der Waals surface area contributed by atoms with E-state index in [9.17, 15) is 13.2 Å². The van der Waals surface area contributed by atoms with Crippen LogP contribution in [0.5, 0.6) is 0 Å². The summed E-state index contributed by atoms with van der Waals surface area (Å²) in [4.78, 5) is 20.2. The van der Waals surface area contributed by atoms with Gasteiger partial charge < -0.3 is 10.2 Å². The number of hydrogen-bond donors (Lipinski definition) is 1. The summed E-state index contributed by atoms with van der Waals surface area (Å²) >= 11 is 0. The molecule has 1 aromatic heterocycles. The van der Waals surface area contributed by atoms with Crippen LogP contribution in [-0.4, -0.2) is 37.6 Å². The van der Waals surface area contributed by atoms with E-state index in [1.807, 2.05) is 0 Å². The van der Waals surface area contributed by atoms with E-state index >= 15 is 0 Å². The topological polar surface area (TPSA) is 79.4 Å². The van der Waals surface area contributed by atoms with Crippen LogP contribution in [0.2, 0.25) is 0 Å². The fourth-order valence-corrected chi connectivity index (χ4v) is 7.11. The molecule has 2 heterocycles. The van der Waals surface area contributed by atoms with Gasteiger partial charge in [-0.3, -0.25) is 4.79 Å². The minimum Gasteiger partial charge on any atom is -0.356 e. The van der Waals surface area contributed by atoms with E-state index in [4.69, 9.17) is 0 Å². The second-order valence-electron chi connectivity index (χ2n) is 9.65. The Morgan fingerprint density at radius 1 is 1.00 bits per heavy atom. The number of benzene rings is 1. The third-order valence-electron chi connectivity index (χ3n) is 7.52. The van der Waals surface area contributed by atoms with Crippen molar-refractivity contribution >= 4 is 27.2 Å². The van der Waals surface area contributed by atoms with E-state index in [-0.39, 0.29) is 11.2 Å². The van der Waals surface area contributed by atoms with Gasteiger partial charge in [0.1, 0.15) is 5.82 Å². The monoisotopic (exact) mass is 453 g/mol. The van der Waals surface area contributed by atoms with E-state index in [0.29, 0.717) is 27.4 Å². The summed E-state index contributed by atoms with van der Waals surface area (Å²) in [6, 6.07) is 10.2. The molecule has 6 nitrogen and oxygen atoms in total. The molecule has 0 radical (unpaired) electrons. The fraction of sp³-hybridized carbons (Fsp3) is 0.520. The summed E-state index contributed by atoms with van der Waals surface area (Å²) < 4.78 is 26.2. The lowest BCUT2D eigenvalue weighted by Gasteiger charge is -2.33. The van der Waals surface area contributed by atoms with Crippen molar-refractivity contribution in [3.63, 3.8) is 0 Å². The SMILES string of the molecule is O=C(Nc1cccc(S(=O)(=O)C2CCCCC2)c1)c1cccnc1N1CCC2(CC1)CC2. The average Bonchev–Trinajstić information content (AvgIpc) is 3.59. The Labute approximate surface area is 190 Å². The Kier molecular flexibility index (Phi) is 5.70. The summed E-state index contributed by atoms with van der Waals surface area (Å²) in [6.45, 7) is 1.85. The van der Waals surface area contributed by atoms with Gasteiger partial charge in [0, 0.05) is 25.0 Å². The molecular formula is C25H31N3O3S. The highest BCUT2D eigenvalue weighted by atomic mass is 32.2. The quantitative estimate of drug-likeness (QED) is 0.702. The van der Waals surface area contributed by atoms with Crippen LogP contribution in [0.1, 0.15) is 68.1 Å². The molecule has 2 saturated carbocycles. The smallest absolute Gasteiger partial charge is 0.259 e. The van der Waals surface area contributed by atoms with Crippen LogP contribution in [0, 0.1) is 5.41 Å². The van der Waals surface area contributed by atoms with Gasteiger partial charge in [-0.15, -0.1) is 0 Å². The lowest BCUT2D eigenvalue weighted by atomic mass is 9.93. The first-order valence-electron chi connectivity index (χ1n) is 11.8. The molecule has 1 spiro atoms.